The van der Waals surface area contributed by atoms with Crippen LogP contribution in [0.4, 0.5) is 10.5 Å². The zero-order valence-corrected chi connectivity index (χ0v) is 21.7. The van der Waals surface area contributed by atoms with E-state index in [1.54, 1.807) is 23.1 Å². The molecule has 0 saturated carbocycles. The minimum atomic E-state index is -0.459. The Labute approximate surface area is 219 Å². The predicted molar refractivity (Wildman–Crippen MR) is 138 cm³/mol. The molecule has 2 heterocycles. The maximum atomic E-state index is 13.5. The molecule has 0 aliphatic carbocycles. The molecule has 4 rings (SSSR count). The Kier molecular flexibility index (Phi) is 7.96. The van der Waals surface area contributed by atoms with E-state index in [2.05, 4.69) is 5.32 Å². The second-order valence-electron chi connectivity index (χ2n) is 8.70. The highest BCUT2D eigenvalue weighted by molar-refractivity contribution is 6.43. The Hall–Kier alpha value is -3.36. The van der Waals surface area contributed by atoms with E-state index in [1.165, 1.54) is 4.90 Å². The molecule has 1 aliphatic heterocycles. The normalized spacial score (nSPS) is 12.1. The topological polar surface area (TPSA) is 84.2 Å². The van der Waals surface area contributed by atoms with E-state index in [-0.39, 0.29) is 36.9 Å². The molecule has 0 radical (unpaired) electrons. The summed E-state index contributed by atoms with van der Waals surface area (Å²) >= 11 is 12.3. The number of nitrogens with one attached hydrogen (secondary N) is 1. The van der Waals surface area contributed by atoms with Crippen LogP contribution in [0, 0.1) is 6.92 Å². The van der Waals surface area contributed by atoms with Crippen LogP contribution in [0.2, 0.25) is 10.0 Å². The molecule has 0 unspecified atom stereocenters. The monoisotopic (exact) mass is 531 g/mol. The smallest absolute Gasteiger partial charge is 0.322 e. The van der Waals surface area contributed by atoms with E-state index in [0.717, 1.165) is 11.3 Å². The number of fused-ring (bicyclic) bond motifs is 1. The first-order valence-corrected chi connectivity index (χ1v) is 12.2. The Morgan fingerprint density at radius 1 is 1.03 bits per heavy atom. The Bertz CT molecular complexity index is 1260. The summed E-state index contributed by atoms with van der Waals surface area (Å²) in [6.45, 7) is 6.08. The van der Waals surface area contributed by atoms with E-state index < -0.39 is 6.03 Å². The molecule has 1 N–H and O–H groups in total. The molecule has 1 aromatic heterocycles. The molecule has 190 valence electrons. The van der Waals surface area contributed by atoms with Crippen molar-refractivity contribution in [3.05, 3.63) is 75.7 Å². The quantitative estimate of drug-likeness (QED) is 0.379. The van der Waals surface area contributed by atoms with Crippen LogP contribution >= 0.6 is 23.2 Å². The number of urea groups is 1. The summed E-state index contributed by atoms with van der Waals surface area (Å²) in [6.07, 6.45) is 0. The van der Waals surface area contributed by atoms with Gasteiger partial charge in [-0.05, 0) is 62.7 Å². The van der Waals surface area contributed by atoms with Crippen molar-refractivity contribution in [2.24, 2.45) is 0 Å². The van der Waals surface area contributed by atoms with Crippen LogP contribution in [0.25, 0.3) is 0 Å². The number of furan rings is 1. The molecule has 0 atom stereocenters. The first-order valence-electron chi connectivity index (χ1n) is 11.4. The van der Waals surface area contributed by atoms with Crippen molar-refractivity contribution >= 4 is 40.8 Å². The number of amides is 3. The molecule has 0 spiro atoms. The summed E-state index contributed by atoms with van der Waals surface area (Å²) in [7, 11) is 0. The lowest BCUT2D eigenvalue weighted by Crippen LogP contribution is -2.47. The molecule has 10 heteroatoms. The van der Waals surface area contributed by atoms with Gasteiger partial charge in [0.2, 0.25) is 12.7 Å². The van der Waals surface area contributed by atoms with E-state index >= 15 is 0 Å². The molecular formula is C26H27Cl2N3O5. The number of rotatable bonds is 8. The summed E-state index contributed by atoms with van der Waals surface area (Å²) in [6, 6.07) is 13.5. The fraction of sp³-hybridized carbons (Fsp3) is 0.308. The zero-order valence-electron chi connectivity index (χ0n) is 20.2. The lowest BCUT2D eigenvalue weighted by molar-refractivity contribution is -0.133. The van der Waals surface area contributed by atoms with Gasteiger partial charge in [-0.25, -0.2) is 4.79 Å². The van der Waals surface area contributed by atoms with Crippen molar-refractivity contribution in [2.75, 3.05) is 18.7 Å². The lowest BCUT2D eigenvalue weighted by atomic mass is 10.1. The highest BCUT2D eigenvalue weighted by atomic mass is 35.5. The summed E-state index contributed by atoms with van der Waals surface area (Å²) < 4.78 is 16.6. The number of benzene rings is 2. The summed E-state index contributed by atoms with van der Waals surface area (Å²) in [5, 5.41) is 3.32. The summed E-state index contributed by atoms with van der Waals surface area (Å²) in [5.41, 5.74) is 1.23. The number of halogens is 2. The van der Waals surface area contributed by atoms with Gasteiger partial charge in [-0.1, -0.05) is 35.3 Å². The lowest BCUT2D eigenvalue weighted by Gasteiger charge is -2.30. The zero-order chi connectivity index (χ0) is 25.8. The van der Waals surface area contributed by atoms with Crippen LogP contribution in [-0.2, 0) is 17.9 Å². The van der Waals surface area contributed by atoms with Crippen LogP contribution < -0.4 is 14.8 Å². The number of carbonyl (C=O) groups is 2. The summed E-state index contributed by atoms with van der Waals surface area (Å²) in [5.74, 6) is 2.45. The van der Waals surface area contributed by atoms with Crippen molar-refractivity contribution in [1.82, 2.24) is 9.80 Å². The van der Waals surface area contributed by atoms with E-state index in [1.807, 2.05) is 51.1 Å². The number of hydrogen-bond acceptors (Lipinski definition) is 5. The van der Waals surface area contributed by atoms with Gasteiger partial charge in [-0.15, -0.1) is 0 Å². The number of aryl methyl sites for hydroxylation is 1. The molecular weight excluding hydrogens is 505 g/mol. The molecule has 8 nitrogen and oxygen atoms in total. The van der Waals surface area contributed by atoms with Crippen molar-refractivity contribution in [2.45, 2.75) is 39.9 Å². The Morgan fingerprint density at radius 2 is 1.81 bits per heavy atom. The highest BCUT2D eigenvalue weighted by Crippen LogP contribution is 2.33. The molecule has 0 fully saturated rings. The van der Waals surface area contributed by atoms with Gasteiger partial charge in [0.05, 0.1) is 22.3 Å². The van der Waals surface area contributed by atoms with Gasteiger partial charge in [-0.2, -0.15) is 0 Å². The maximum absolute atomic E-state index is 13.5. The summed E-state index contributed by atoms with van der Waals surface area (Å²) in [4.78, 5) is 29.7. The minimum Gasteiger partial charge on any atom is -0.464 e. The number of ether oxygens (including phenoxy) is 2. The SMILES string of the molecule is Cc1ccc(CN(Cc2ccc3c(c2)OCO3)C(=O)CN(C(=O)Nc2cccc(Cl)c2Cl)C(C)C)o1. The molecule has 36 heavy (non-hydrogen) atoms. The van der Waals surface area contributed by atoms with Gasteiger partial charge < -0.3 is 29.0 Å². The Morgan fingerprint density at radius 3 is 2.53 bits per heavy atom. The standard InChI is InChI=1S/C26H27Cl2N3O5/c1-16(2)31(26(33)29-21-6-4-5-20(27)25(21)28)14-24(32)30(13-19-9-7-17(3)36-19)12-18-8-10-22-23(11-18)35-15-34-22/h4-11,16H,12-15H2,1-3H3,(H,29,33). The van der Waals surface area contributed by atoms with Crippen LogP contribution in [-0.4, -0.2) is 41.1 Å². The van der Waals surface area contributed by atoms with Gasteiger partial charge in [-0.3, -0.25) is 4.79 Å². The first kappa shape index (κ1) is 25.7. The van der Waals surface area contributed by atoms with E-state index in [4.69, 9.17) is 37.1 Å². The van der Waals surface area contributed by atoms with Gasteiger partial charge in [0.15, 0.2) is 11.5 Å². The van der Waals surface area contributed by atoms with Crippen LogP contribution in [0.5, 0.6) is 11.5 Å². The van der Waals surface area contributed by atoms with Crippen molar-refractivity contribution < 1.29 is 23.5 Å². The fourth-order valence-corrected chi connectivity index (χ4v) is 4.12. The third kappa shape index (κ3) is 6.06. The van der Waals surface area contributed by atoms with Crippen molar-refractivity contribution in [3.63, 3.8) is 0 Å². The van der Waals surface area contributed by atoms with Gasteiger partial charge in [0.1, 0.15) is 18.1 Å². The van der Waals surface area contributed by atoms with Gasteiger partial charge in [0, 0.05) is 12.6 Å². The van der Waals surface area contributed by atoms with E-state index in [0.29, 0.717) is 34.5 Å². The fourth-order valence-electron chi connectivity index (χ4n) is 3.77. The average molecular weight is 532 g/mol. The molecule has 0 bridgehead atoms. The highest BCUT2D eigenvalue weighted by Gasteiger charge is 2.26. The van der Waals surface area contributed by atoms with Gasteiger partial charge in [0.25, 0.3) is 0 Å². The third-order valence-corrected chi connectivity index (χ3v) is 6.51. The third-order valence-electron chi connectivity index (χ3n) is 5.69. The first-order chi connectivity index (χ1) is 17.2. The number of carbonyl (C=O) groups excluding carboxylic acids is 2. The van der Waals surface area contributed by atoms with Gasteiger partial charge >= 0.3 is 6.03 Å². The van der Waals surface area contributed by atoms with E-state index in [9.17, 15) is 9.59 Å². The van der Waals surface area contributed by atoms with Crippen LogP contribution in [0.1, 0.15) is 30.9 Å². The number of nitrogens with zero attached hydrogens (tertiary/aromatic N) is 2. The van der Waals surface area contributed by atoms with Crippen molar-refractivity contribution in [3.8, 4) is 11.5 Å². The molecule has 3 aromatic rings. The minimum absolute atomic E-state index is 0.147. The number of hydrogen-bond donors (Lipinski definition) is 1. The second-order valence-corrected chi connectivity index (χ2v) is 9.49. The Balaban J connectivity index is 1.52. The van der Waals surface area contributed by atoms with Crippen LogP contribution in [0.15, 0.2) is 52.9 Å². The molecule has 1 aliphatic rings. The molecule has 3 amide bonds. The average Bonchev–Trinajstić information content (AvgIpc) is 3.47. The molecule has 0 saturated heterocycles. The predicted octanol–water partition coefficient (Wildman–Crippen LogP) is 6.09. The van der Waals surface area contributed by atoms with Crippen molar-refractivity contribution in [1.29, 1.82) is 0 Å². The molecule has 2 aromatic carbocycles. The largest absolute Gasteiger partial charge is 0.464 e. The second kappa shape index (κ2) is 11.1. The number of anilines is 1. The maximum Gasteiger partial charge on any atom is 0.322 e. The van der Waals surface area contributed by atoms with Crippen LogP contribution in [0.3, 0.4) is 0 Å².